The normalized spacial score (nSPS) is 8.62. The Kier molecular flexibility index (Phi) is 17.6. The molecule has 0 spiro atoms. The first kappa shape index (κ1) is 24.9. The maximum absolute atomic E-state index is 9.84. The smallest absolute Gasteiger partial charge is 0.422 e. The fourth-order valence-corrected chi connectivity index (χ4v) is 0.445. The van der Waals surface area contributed by atoms with Crippen LogP contribution in [-0.2, 0) is 20.0 Å². The van der Waals surface area contributed by atoms with Crippen LogP contribution in [0.15, 0.2) is 8.80 Å². The minimum absolute atomic E-state index is 0. The second kappa shape index (κ2) is 11.3. The van der Waals surface area contributed by atoms with Crippen molar-refractivity contribution < 1.29 is 54.6 Å². The van der Waals surface area contributed by atoms with Crippen LogP contribution < -0.4 is 37.7 Å². The summed E-state index contributed by atoms with van der Waals surface area (Å²) in [5, 5.41) is 15.2. The fraction of sp³-hybridized carbons (Fsp3) is 0.500. The zero-order valence-corrected chi connectivity index (χ0v) is 10.9. The van der Waals surface area contributed by atoms with Crippen molar-refractivity contribution in [3.05, 3.63) is 10.8 Å². The summed E-state index contributed by atoms with van der Waals surface area (Å²) >= 11 is 0. The molecule has 0 aromatic carbocycles. The Balaban J connectivity index is -0.0000000800. The van der Waals surface area contributed by atoms with E-state index in [2.05, 4.69) is 8.80 Å². The van der Waals surface area contributed by atoms with E-state index in [9.17, 15) is 16.8 Å². The van der Waals surface area contributed by atoms with Gasteiger partial charge >= 0.3 is 37.7 Å². The van der Waals surface area contributed by atoms with Crippen LogP contribution in [0.5, 0.6) is 0 Å². The van der Waals surface area contributed by atoms with Gasteiger partial charge in [0.25, 0.3) is 0 Å². The molecule has 0 aliphatic rings. The van der Waals surface area contributed by atoms with Gasteiger partial charge in [0, 0.05) is 12.5 Å². The van der Waals surface area contributed by atoms with E-state index < -0.39 is 20.0 Å². The van der Waals surface area contributed by atoms with E-state index in [1.54, 1.807) is 0 Å². The van der Waals surface area contributed by atoms with Crippen LogP contribution in [-0.4, -0.2) is 41.4 Å². The summed E-state index contributed by atoms with van der Waals surface area (Å²) < 4.78 is 44.4. The molecule has 16 heavy (non-hydrogen) atoms. The third-order valence-corrected chi connectivity index (χ3v) is 1.24. The van der Waals surface area contributed by atoms with E-state index in [0.29, 0.717) is 0 Å². The molecule has 80 valence electrons. The van der Waals surface area contributed by atoms with E-state index in [1.165, 1.54) is 0 Å². The van der Waals surface area contributed by atoms with Gasteiger partial charge in [0.2, 0.25) is 0 Å². The molecule has 0 bridgehead atoms. The summed E-state index contributed by atoms with van der Waals surface area (Å²) in [5.74, 6) is 0. The quantitative estimate of drug-likeness (QED) is 0.356. The predicted octanol–water partition coefficient (Wildman–Crippen LogP) is -6.61. The summed E-state index contributed by atoms with van der Waals surface area (Å²) in [6.45, 7) is 0. The molecule has 0 radical (unpaired) electrons. The van der Waals surface area contributed by atoms with Crippen molar-refractivity contribution in [1.82, 2.24) is 0 Å². The van der Waals surface area contributed by atoms with Gasteiger partial charge in [-0.05, 0) is 0 Å². The molecule has 8 nitrogen and oxygen atoms in total. The van der Waals surface area contributed by atoms with Crippen LogP contribution >= 0.6 is 0 Å². The van der Waals surface area contributed by atoms with Gasteiger partial charge < -0.3 is 19.6 Å². The molecule has 0 amide bonds. The summed E-state index contributed by atoms with van der Waals surface area (Å²) in [6, 6.07) is 2.29. The zero-order valence-electron chi connectivity index (χ0n) is 9.24. The Morgan fingerprint density at radius 3 is 1.00 bits per heavy atom. The molecular formula is C4H6Li2N4O4S2. The van der Waals surface area contributed by atoms with E-state index in [4.69, 9.17) is 10.8 Å². The molecule has 0 saturated heterocycles. The SMILES string of the molecule is CS(=O)(=O)N=C=[N-].CS(=O)(=O)N=C=[N-].[Li+].[Li+]. The van der Waals surface area contributed by atoms with Gasteiger partial charge in [0.05, 0.1) is 0 Å². The van der Waals surface area contributed by atoms with Gasteiger partial charge in [0.1, 0.15) is 0 Å². The van der Waals surface area contributed by atoms with Crippen LogP contribution in [0.3, 0.4) is 0 Å². The molecule has 0 N–H and O–H groups in total. The van der Waals surface area contributed by atoms with Crippen LogP contribution in [0.2, 0.25) is 0 Å². The van der Waals surface area contributed by atoms with Crippen molar-refractivity contribution in [2.45, 2.75) is 0 Å². The Morgan fingerprint density at radius 2 is 1.00 bits per heavy atom. The van der Waals surface area contributed by atoms with Crippen LogP contribution in [0.1, 0.15) is 0 Å². The molecule has 0 heterocycles. The molecule has 0 aliphatic heterocycles. The summed E-state index contributed by atoms with van der Waals surface area (Å²) in [5.41, 5.74) is 0. The van der Waals surface area contributed by atoms with Gasteiger partial charge in [-0.25, -0.2) is 16.8 Å². The van der Waals surface area contributed by atoms with E-state index in [0.717, 1.165) is 24.5 Å². The summed E-state index contributed by atoms with van der Waals surface area (Å²) in [4.78, 5) is 0. The number of hydrogen-bond acceptors (Lipinski definition) is 4. The molecule has 12 heteroatoms. The molecule has 0 fully saturated rings. The number of hydrogen-bond donors (Lipinski definition) is 0. The zero-order chi connectivity index (χ0) is 11.8. The number of sulfonamides is 2. The topological polar surface area (TPSA) is 138 Å². The largest absolute Gasteiger partial charge is 1.00 e. The molecular weight excluding hydrogens is 246 g/mol. The number of nitrogens with zero attached hydrogens (tertiary/aromatic N) is 4. The van der Waals surface area contributed by atoms with Crippen LogP contribution in [0.25, 0.3) is 10.8 Å². The average Bonchev–Trinajstić information content (AvgIpc) is 1.81. The van der Waals surface area contributed by atoms with Crippen molar-refractivity contribution in [2.24, 2.45) is 8.80 Å². The van der Waals surface area contributed by atoms with Crippen molar-refractivity contribution in [2.75, 3.05) is 12.5 Å². The first-order valence-electron chi connectivity index (χ1n) is 2.74. The molecule has 0 rings (SSSR count). The van der Waals surface area contributed by atoms with Crippen molar-refractivity contribution in [3.63, 3.8) is 0 Å². The molecule has 0 saturated carbocycles. The fourth-order valence-electron chi connectivity index (χ4n) is 0.148. The molecule has 0 atom stereocenters. The molecule has 0 aromatic heterocycles. The van der Waals surface area contributed by atoms with Crippen molar-refractivity contribution in [3.8, 4) is 0 Å². The van der Waals surface area contributed by atoms with Crippen molar-refractivity contribution >= 4 is 32.1 Å². The van der Waals surface area contributed by atoms with Crippen LogP contribution in [0, 0.1) is 0 Å². The van der Waals surface area contributed by atoms with Gasteiger partial charge in [-0.15, -0.1) is 12.0 Å². The van der Waals surface area contributed by atoms with E-state index in [1.807, 2.05) is 0 Å². The van der Waals surface area contributed by atoms with E-state index >= 15 is 0 Å². The standard InChI is InChI=1S/2C2H3N2O2S.2Li/c2*1-7(5,6)4-2-3;;/h2*1H3;;/q2*-1;2*+1. The summed E-state index contributed by atoms with van der Waals surface area (Å²) in [7, 11) is -6.82. The first-order chi connectivity index (χ1) is 6.12. The van der Waals surface area contributed by atoms with Gasteiger partial charge in [-0.2, -0.15) is 0 Å². The predicted molar refractivity (Wildman–Crippen MR) is 51.3 cm³/mol. The Bertz CT molecular complexity index is 426. The first-order valence-corrected chi connectivity index (χ1v) is 6.44. The minimum atomic E-state index is -3.41. The third kappa shape index (κ3) is 37.1. The molecule has 0 aromatic rings. The monoisotopic (exact) mass is 252 g/mol. The maximum Gasteiger partial charge on any atom is 1.00 e. The Labute approximate surface area is 118 Å². The maximum atomic E-state index is 9.84. The van der Waals surface area contributed by atoms with Crippen molar-refractivity contribution in [1.29, 1.82) is 0 Å². The van der Waals surface area contributed by atoms with E-state index in [-0.39, 0.29) is 37.7 Å². The summed E-state index contributed by atoms with van der Waals surface area (Å²) in [6.07, 6.45) is 1.71. The Morgan fingerprint density at radius 1 is 0.812 bits per heavy atom. The third-order valence-electron chi connectivity index (χ3n) is 0.413. The van der Waals surface area contributed by atoms with Gasteiger partial charge in [0.15, 0.2) is 20.0 Å². The average molecular weight is 252 g/mol. The minimum Gasteiger partial charge on any atom is -0.422 e. The molecule has 0 unspecified atom stereocenters. The second-order valence-corrected chi connectivity index (χ2v) is 5.15. The van der Waals surface area contributed by atoms with Crippen LogP contribution in [0.4, 0.5) is 0 Å². The van der Waals surface area contributed by atoms with Gasteiger partial charge in [-0.1, -0.05) is 0 Å². The Hall–Kier alpha value is -0.145. The van der Waals surface area contributed by atoms with Gasteiger partial charge in [-0.3, -0.25) is 0 Å². The molecule has 0 aliphatic carbocycles. The second-order valence-electron chi connectivity index (χ2n) is 1.85. The number of rotatable bonds is 2.